The number of carboxylic acids is 1. The van der Waals surface area contributed by atoms with Crippen molar-refractivity contribution in [1.82, 2.24) is 15.3 Å². The van der Waals surface area contributed by atoms with E-state index in [0.29, 0.717) is 11.0 Å². The summed E-state index contributed by atoms with van der Waals surface area (Å²) >= 11 is 0. The number of hydrogen-bond acceptors (Lipinski definition) is 6. The average molecular weight is 440 g/mol. The number of carboxylic acid groups (broad SMARTS) is 1. The lowest BCUT2D eigenvalue weighted by atomic mass is 9.90. The minimum absolute atomic E-state index is 0.00541. The van der Waals surface area contributed by atoms with Crippen molar-refractivity contribution in [1.29, 1.82) is 0 Å². The number of aromatic amines is 1. The molecular weight excluding hydrogens is 423 g/mol. The molecule has 2 aromatic carbocycles. The van der Waals surface area contributed by atoms with Gasteiger partial charge in [-0.2, -0.15) is 0 Å². The average Bonchev–Trinajstić information content (AvgIpc) is 3.13. The molecule has 2 unspecified atom stereocenters. The molecule has 1 aromatic heterocycles. The summed E-state index contributed by atoms with van der Waals surface area (Å²) in [6, 6.07) is 8.33. The lowest BCUT2D eigenvalue weighted by Crippen LogP contribution is -2.34. The maximum atomic E-state index is 14.2. The second-order valence-electron chi connectivity index (χ2n) is 7.26. The van der Waals surface area contributed by atoms with Gasteiger partial charge in [-0.3, -0.25) is 19.2 Å². The number of Topliss-reactive ketones (excluding diaryl/α,β-unsaturated/α-hetero) is 1. The Labute approximate surface area is 179 Å². The number of benzene rings is 2. The van der Waals surface area contributed by atoms with Gasteiger partial charge in [0.15, 0.2) is 11.7 Å². The standard InChI is InChI=1S/C21H17FN4O6/c22-11-2-1-3-13-16(11)18(30)17(21(32)26-13)19-24-12-5-4-9(6-14(12)25-19)20(31)23-8-10(27)7-15(28)29/h1-6,10,17,27H,7-8H2,(H,23,31)(H,24,25)(H,26,32)(H,28,29). The number of hydrogen-bond donors (Lipinski definition) is 5. The number of H-pyrrole nitrogens is 1. The first kappa shape index (κ1) is 21.1. The first-order valence-corrected chi connectivity index (χ1v) is 9.56. The van der Waals surface area contributed by atoms with Crippen molar-refractivity contribution in [3.63, 3.8) is 0 Å². The zero-order valence-electron chi connectivity index (χ0n) is 16.4. The minimum atomic E-state index is -1.38. The van der Waals surface area contributed by atoms with Crippen molar-refractivity contribution in [2.45, 2.75) is 18.4 Å². The van der Waals surface area contributed by atoms with Gasteiger partial charge in [-0.15, -0.1) is 0 Å². The van der Waals surface area contributed by atoms with E-state index in [2.05, 4.69) is 20.6 Å². The van der Waals surface area contributed by atoms with E-state index in [0.717, 1.165) is 6.07 Å². The van der Waals surface area contributed by atoms with Gasteiger partial charge in [0.25, 0.3) is 5.91 Å². The van der Waals surface area contributed by atoms with E-state index < -0.39 is 47.8 Å². The van der Waals surface area contributed by atoms with Crippen LogP contribution >= 0.6 is 0 Å². The molecule has 0 saturated heterocycles. The molecule has 4 rings (SSSR count). The third-order valence-electron chi connectivity index (χ3n) is 4.99. The molecule has 32 heavy (non-hydrogen) atoms. The summed E-state index contributed by atoms with van der Waals surface area (Å²) in [7, 11) is 0. The fourth-order valence-electron chi connectivity index (χ4n) is 3.49. The van der Waals surface area contributed by atoms with E-state index in [9.17, 15) is 28.7 Å². The minimum Gasteiger partial charge on any atom is -0.481 e. The second-order valence-corrected chi connectivity index (χ2v) is 7.26. The molecule has 2 amide bonds. The van der Waals surface area contributed by atoms with Gasteiger partial charge in [0.2, 0.25) is 5.91 Å². The Hall–Kier alpha value is -4.12. The van der Waals surface area contributed by atoms with E-state index in [4.69, 9.17) is 5.11 Å². The molecular formula is C21H17FN4O6. The quantitative estimate of drug-likeness (QED) is 0.360. The Balaban J connectivity index is 1.58. The second kappa shape index (κ2) is 8.19. The molecule has 11 heteroatoms. The van der Waals surface area contributed by atoms with Crippen LogP contribution in [-0.4, -0.2) is 56.4 Å². The number of aliphatic hydroxyl groups is 1. The van der Waals surface area contributed by atoms with Crippen LogP contribution in [0.15, 0.2) is 36.4 Å². The number of aromatic nitrogens is 2. The number of aliphatic hydroxyl groups excluding tert-OH is 1. The maximum Gasteiger partial charge on any atom is 0.306 e. The van der Waals surface area contributed by atoms with E-state index in [1.54, 1.807) is 0 Å². The van der Waals surface area contributed by atoms with E-state index >= 15 is 0 Å². The molecule has 2 atom stereocenters. The normalized spacial score (nSPS) is 16.4. The van der Waals surface area contributed by atoms with Gasteiger partial charge >= 0.3 is 5.97 Å². The molecule has 0 fully saturated rings. The van der Waals surface area contributed by atoms with Gasteiger partial charge in [-0.1, -0.05) is 6.07 Å². The van der Waals surface area contributed by atoms with Crippen LogP contribution in [0.4, 0.5) is 10.1 Å². The number of aliphatic carboxylic acids is 1. The van der Waals surface area contributed by atoms with Gasteiger partial charge in [0, 0.05) is 12.1 Å². The molecule has 0 aliphatic carbocycles. The molecule has 1 aliphatic rings. The van der Waals surface area contributed by atoms with E-state index in [1.165, 1.54) is 30.3 Å². The number of carbonyl (C=O) groups is 4. The Morgan fingerprint density at radius 1 is 1.22 bits per heavy atom. The van der Waals surface area contributed by atoms with E-state index in [-0.39, 0.29) is 29.2 Å². The first-order chi connectivity index (χ1) is 15.2. The van der Waals surface area contributed by atoms with Crippen LogP contribution in [0.1, 0.15) is 38.9 Å². The summed E-state index contributed by atoms with van der Waals surface area (Å²) < 4.78 is 14.2. The van der Waals surface area contributed by atoms with E-state index in [1.807, 2.05) is 0 Å². The zero-order valence-corrected chi connectivity index (χ0v) is 16.4. The Morgan fingerprint density at radius 2 is 2.00 bits per heavy atom. The number of rotatable bonds is 6. The molecule has 1 aliphatic heterocycles. The maximum absolute atomic E-state index is 14.2. The Bertz CT molecular complexity index is 1270. The van der Waals surface area contributed by atoms with Crippen LogP contribution in [0.3, 0.4) is 0 Å². The van der Waals surface area contributed by atoms with Gasteiger partial charge in [0.05, 0.1) is 34.8 Å². The number of halogens is 1. The molecule has 5 N–H and O–H groups in total. The number of ketones is 1. The zero-order chi connectivity index (χ0) is 23.0. The summed E-state index contributed by atoms with van der Waals surface area (Å²) in [5, 5.41) is 23.1. The van der Waals surface area contributed by atoms with Crippen molar-refractivity contribution in [3.05, 3.63) is 59.2 Å². The van der Waals surface area contributed by atoms with Gasteiger partial charge in [-0.05, 0) is 30.3 Å². The number of carbonyl (C=O) groups excluding carboxylic acids is 3. The third kappa shape index (κ3) is 3.93. The largest absolute Gasteiger partial charge is 0.481 e. The van der Waals surface area contributed by atoms with Crippen LogP contribution in [0.5, 0.6) is 0 Å². The highest BCUT2D eigenvalue weighted by molar-refractivity contribution is 6.24. The molecule has 10 nitrogen and oxygen atoms in total. The van der Waals surface area contributed by atoms with Crippen LogP contribution in [-0.2, 0) is 9.59 Å². The summed E-state index contributed by atoms with van der Waals surface area (Å²) in [4.78, 5) is 55.3. The van der Waals surface area contributed by atoms with Gasteiger partial charge in [0.1, 0.15) is 11.6 Å². The predicted octanol–water partition coefficient (Wildman–Crippen LogP) is 1.19. The molecule has 164 valence electrons. The summed E-state index contributed by atoms with van der Waals surface area (Å²) in [5.41, 5.74) is 0.793. The van der Waals surface area contributed by atoms with Crippen LogP contribution < -0.4 is 10.6 Å². The topological polar surface area (TPSA) is 161 Å². The number of fused-ring (bicyclic) bond motifs is 2. The Morgan fingerprint density at radius 3 is 2.75 bits per heavy atom. The lowest BCUT2D eigenvalue weighted by molar-refractivity contribution is -0.139. The summed E-state index contributed by atoms with van der Waals surface area (Å²) in [6.07, 6.45) is -1.75. The predicted molar refractivity (Wildman–Crippen MR) is 109 cm³/mol. The SMILES string of the molecule is O=C(O)CC(O)CNC(=O)c1ccc2nc(C3C(=O)Nc4cccc(F)c4C3=O)[nH]c2c1. The lowest BCUT2D eigenvalue weighted by Gasteiger charge is -2.22. The van der Waals surface area contributed by atoms with Crippen molar-refractivity contribution in [2.24, 2.45) is 0 Å². The van der Waals surface area contributed by atoms with Crippen LogP contribution in [0, 0.1) is 5.82 Å². The van der Waals surface area contributed by atoms with Crippen LogP contribution in [0.25, 0.3) is 11.0 Å². The number of imidazole rings is 1. The molecule has 3 aromatic rings. The summed E-state index contributed by atoms with van der Waals surface area (Å²) in [5.74, 6) is -5.26. The molecule has 2 heterocycles. The fraction of sp³-hybridized carbons (Fsp3) is 0.190. The fourth-order valence-corrected chi connectivity index (χ4v) is 3.49. The van der Waals surface area contributed by atoms with Crippen molar-refractivity contribution in [3.8, 4) is 0 Å². The molecule has 0 bridgehead atoms. The van der Waals surface area contributed by atoms with Gasteiger partial charge in [-0.25, -0.2) is 9.37 Å². The molecule has 0 spiro atoms. The highest BCUT2D eigenvalue weighted by Crippen LogP contribution is 2.32. The van der Waals surface area contributed by atoms with Crippen molar-refractivity contribution in [2.75, 3.05) is 11.9 Å². The van der Waals surface area contributed by atoms with Crippen molar-refractivity contribution < 1.29 is 33.8 Å². The monoisotopic (exact) mass is 440 g/mol. The molecule has 0 radical (unpaired) electrons. The Kier molecular flexibility index (Phi) is 5.41. The van der Waals surface area contributed by atoms with Crippen LogP contribution in [0.2, 0.25) is 0 Å². The van der Waals surface area contributed by atoms with Crippen molar-refractivity contribution >= 4 is 40.3 Å². The highest BCUT2D eigenvalue weighted by atomic mass is 19.1. The number of amides is 2. The first-order valence-electron chi connectivity index (χ1n) is 9.56. The number of nitrogens with one attached hydrogen (secondary N) is 3. The smallest absolute Gasteiger partial charge is 0.306 e. The number of anilines is 1. The third-order valence-corrected chi connectivity index (χ3v) is 4.99. The summed E-state index contributed by atoms with van der Waals surface area (Å²) in [6.45, 7) is -0.251. The highest BCUT2D eigenvalue weighted by Gasteiger charge is 2.39. The number of nitrogens with zero attached hydrogens (tertiary/aromatic N) is 1. The molecule has 0 saturated carbocycles. The van der Waals surface area contributed by atoms with Gasteiger partial charge < -0.3 is 25.8 Å².